The van der Waals surface area contributed by atoms with E-state index in [4.69, 9.17) is 10.2 Å². The average Bonchev–Trinajstić information content (AvgIpc) is 3.12. The molecule has 0 spiro atoms. The maximum atomic E-state index is 13.1. The van der Waals surface area contributed by atoms with Crippen LogP contribution in [-0.4, -0.2) is 60.6 Å². The lowest BCUT2D eigenvalue weighted by molar-refractivity contribution is 0.0696. The Balaban J connectivity index is 1.69. The van der Waals surface area contributed by atoms with Crippen LogP contribution >= 0.6 is 0 Å². The molecule has 3 heterocycles. The van der Waals surface area contributed by atoms with Gasteiger partial charge in [0.25, 0.3) is 21.8 Å². The molecule has 1 aliphatic heterocycles. The minimum absolute atomic E-state index is 0.0360. The van der Waals surface area contributed by atoms with E-state index in [-0.39, 0.29) is 42.6 Å². The summed E-state index contributed by atoms with van der Waals surface area (Å²) in [6.07, 6.45) is 1.19. The number of furan rings is 1. The van der Waals surface area contributed by atoms with Crippen molar-refractivity contribution in [1.82, 2.24) is 14.2 Å². The standard InChI is InChI=1S/C15H15FN4O5S/c16-12-9-10(3-4-18-12)15(22)19-5-7-20(8-6-19)26(23,24)13-2-1-11(25-13)14(17)21/h1-4,9H,5-8H2,(H2,17,21). The Labute approximate surface area is 148 Å². The number of nitrogens with two attached hydrogens (primary N) is 1. The molecule has 2 aromatic heterocycles. The number of amides is 2. The highest BCUT2D eigenvalue weighted by atomic mass is 32.2. The molecule has 0 radical (unpaired) electrons. The van der Waals surface area contributed by atoms with E-state index in [1.54, 1.807) is 0 Å². The number of rotatable bonds is 4. The molecule has 3 rings (SSSR count). The summed E-state index contributed by atoms with van der Waals surface area (Å²) in [5.74, 6) is -2.29. The summed E-state index contributed by atoms with van der Waals surface area (Å²) < 4.78 is 44.3. The highest BCUT2D eigenvalue weighted by molar-refractivity contribution is 7.89. The summed E-state index contributed by atoms with van der Waals surface area (Å²) in [5, 5.41) is -0.387. The predicted octanol–water partition coefficient (Wildman–Crippen LogP) is 0.0593. The molecule has 1 saturated heterocycles. The van der Waals surface area contributed by atoms with Gasteiger partial charge < -0.3 is 15.1 Å². The van der Waals surface area contributed by atoms with Crippen LogP contribution in [0.15, 0.2) is 40.0 Å². The highest BCUT2D eigenvalue weighted by Gasteiger charge is 2.33. The summed E-state index contributed by atoms with van der Waals surface area (Å²) >= 11 is 0. The SMILES string of the molecule is NC(=O)c1ccc(S(=O)(=O)N2CCN(C(=O)c3ccnc(F)c3)CC2)o1. The highest BCUT2D eigenvalue weighted by Crippen LogP contribution is 2.20. The third kappa shape index (κ3) is 3.44. The van der Waals surface area contributed by atoms with Gasteiger partial charge in [-0.1, -0.05) is 0 Å². The number of hydrogen-bond acceptors (Lipinski definition) is 6. The Kier molecular flexibility index (Phi) is 4.74. The van der Waals surface area contributed by atoms with Crippen molar-refractivity contribution in [3.05, 3.63) is 47.7 Å². The van der Waals surface area contributed by atoms with Gasteiger partial charge in [0.15, 0.2) is 5.76 Å². The fourth-order valence-electron chi connectivity index (χ4n) is 2.57. The second-order valence-corrected chi connectivity index (χ2v) is 7.42. The van der Waals surface area contributed by atoms with Crippen LogP contribution in [0, 0.1) is 5.95 Å². The van der Waals surface area contributed by atoms with Crippen molar-refractivity contribution >= 4 is 21.8 Å². The van der Waals surface area contributed by atoms with Crippen LogP contribution in [0.25, 0.3) is 0 Å². The number of primary amides is 1. The van der Waals surface area contributed by atoms with Gasteiger partial charge in [-0.15, -0.1) is 0 Å². The van der Waals surface area contributed by atoms with Crippen molar-refractivity contribution in [2.45, 2.75) is 5.09 Å². The quantitative estimate of drug-likeness (QED) is 0.745. The third-order valence-corrected chi connectivity index (χ3v) is 5.69. The topological polar surface area (TPSA) is 127 Å². The maximum Gasteiger partial charge on any atom is 0.284 e. The van der Waals surface area contributed by atoms with Gasteiger partial charge in [-0.05, 0) is 18.2 Å². The molecular weight excluding hydrogens is 367 g/mol. The van der Waals surface area contributed by atoms with E-state index in [1.807, 2.05) is 0 Å². The molecule has 0 aliphatic carbocycles. The molecule has 0 atom stereocenters. The maximum absolute atomic E-state index is 13.1. The van der Waals surface area contributed by atoms with Crippen LogP contribution in [0.4, 0.5) is 4.39 Å². The zero-order valence-corrected chi connectivity index (χ0v) is 14.3. The van der Waals surface area contributed by atoms with Crippen molar-refractivity contribution < 1.29 is 26.8 Å². The predicted molar refractivity (Wildman–Crippen MR) is 86.1 cm³/mol. The number of piperazine rings is 1. The molecule has 138 valence electrons. The molecule has 2 amide bonds. The summed E-state index contributed by atoms with van der Waals surface area (Å²) in [7, 11) is -3.94. The van der Waals surface area contributed by atoms with Gasteiger partial charge in [0.1, 0.15) is 0 Å². The number of halogens is 1. The Bertz CT molecular complexity index is 950. The van der Waals surface area contributed by atoms with Crippen LogP contribution in [0.2, 0.25) is 0 Å². The third-order valence-electron chi connectivity index (χ3n) is 3.92. The number of carbonyl (C=O) groups is 2. The first kappa shape index (κ1) is 18.0. The molecule has 0 aromatic carbocycles. The van der Waals surface area contributed by atoms with Crippen LogP contribution in [0.5, 0.6) is 0 Å². The van der Waals surface area contributed by atoms with Gasteiger partial charge in [0.2, 0.25) is 11.0 Å². The molecular formula is C15H15FN4O5S. The largest absolute Gasteiger partial charge is 0.438 e. The number of hydrogen-bond donors (Lipinski definition) is 1. The zero-order valence-electron chi connectivity index (χ0n) is 13.5. The zero-order chi connectivity index (χ0) is 18.9. The number of sulfonamides is 1. The van der Waals surface area contributed by atoms with Gasteiger partial charge >= 0.3 is 0 Å². The Morgan fingerprint density at radius 3 is 2.42 bits per heavy atom. The first-order chi connectivity index (χ1) is 12.3. The van der Waals surface area contributed by atoms with Crippen molar-refractivity contribution in [3.8, 4) is 0 Å². The number of pyridine rings is 1. The van der Waals surface area contributed by atoms with E-state index in [0.717, 1.165) is 16.4 Å². The summed E-state index contributed by atoms with van der Waals surface area (Å²) in [6.45, 7) is 0.333. The summed E-state index contributed by atoms with van der Waals surface area (Å²) in [5.41, 5.74) is 5.19. The van der Waals surface area contributed by atoms with Crippen molar-refractivity contribution in [2.24, 2.45) is 5.73 Å². The average molecular weight is 382 g/mol. The second kappa shape index (κ2) is 6.84. The van der Waals surface area contributed by atoms with Gasteiger partial charge in [0.05, 0.1) is 0 Å². The van der Waals surface area contributed by atoms with Crippen LogP contribution in [0.3, 0.4) is 0 Å². The first-order valence-corrected chi connectivity index (χ1v) is 9.03. The molecule has 1 aliphatic rings. The molecule has 0 saturated carbocycles. The Morgan fingerprint density at radius 1 is 1.15 bits per heavy atom. The first-order valence-electron chi connectivity index (χ1n) is 7.59. The van der Waals surface area contributed by atoms with Crippen LogP contribution in [-0.2, 0) is 10.0 Å². The van der Waals surface area contributed by atoms with Crippen molar-refractivity contribution in [1.29, 1.82) is 0 Å². The van der Waals surface area contributed by atoms with E-state index in [9.17, 15) is 22.4 Å². The van der Waals surface area contributed by atoms with E-state index >= 15 is 0 Å². The normalized spacial score (nSPS) is 15.8. The number of nitrogens with zero attached hydrogens (tertiary/aromatic N) is 3. The molecule has 2 aromatic rings. The Hall–Kier alpha value is -2.79. The lowest BCUT2D eigenvalue weighted by Gasteiger charge is -2.33. The van der Waals surface area contributed by atoms with E-state index in [1.165, 1.54) is 23.2 Å². The molecule has 2 N–H and O–H groups in total. The van der Waals surface area contributed by atoms with Gasteiger partial charge in [-0.3, -0.25) is 9.59 Å². The van der Waals surface area contributed by atoms with Crippen LogP contribution < -0.4 is 5.73 Å². The molecule has 1 fully saturated rings. The van der Waals surface area contributed by atoms with Crippen molar-refractivity contribution in [3.63, 3.8) is 0 Å². The smallest absolute Gasteiger partial charge is 0.284 e. The summed E-state index contributed by atoms with van der Waals surface area (Å²) in [6, 6.07) is 4.77. The molecule has 9 nitrogen and oxygen atoms in total. The molecule has 26 heavy (non-hydrogen) atoms. The van der Waals surface area contributed by atoms with Crippen molar-refractivity contribution in [2.75, 3.05) is 26.2 Å². The monoisotopic (exact) mass is 382 g/mol. The minimum Gasteiger partial charge on any atom is -0.438 e. The number of carbonyl (C=O) groups excluding carboxylic acids is 2. The lowest BCUT2D eigenvalue weighted by Crippen LogP contribution is -2.50. The number of aromatic nitrogens is 1. The van der Waals surface area contributed by atoms with E-state index in [0.29, 0.717) is 0 Å². The van der Waals surface area contributed by atoms with Gasteiger partial charge in [0, 0.05) is 44.0 Å². The lowest BCUT2D eigenvalue weighted by atomic mass is 10.2. The van der Waals surface area contributed by atoms with Crippen LogP contribution in [0.1, 0.15) is 20.9 Å². The molecule has 0 unspecified atom stereocenters. The van der Waals surface area contributed by atoms with E-state index < -0.39 is 27.8 Å². The van der Waals surface area contributed by atoms with E-state index in [2.05, 4.69) is 4.98 Å². The second-order valence-electron chi connectivity index (χ2n) is 5.55. The molecule has 11 heteroatoms. The van der Waals surface area contributed by atoms with Gasteiger partial charge in [-0.2, -0.15) is 8.70 Å². The van der Waals surface area contributed by atoms with Gasteiger partial charge in [-0.25, -0.2) is 13.4 Å². The Morgan fingerprint density at radius 2 is 1.85 bits per heavy atom. The minimum atomic E-state index is -3.94. The molecule has 0 bridgehead atoms. The fraction of sp³-hybridized carbons (Fsp3) is 0.267. The summed E-state index contributed by atoms with van der Waals surface area (Å²) in [4.78, 5) is 28.2. The fourth-order valence-corrected chi connectivity index (χ4v) is 3.90.